The number of anilines is 1. The topological polar surface area (TPSA) is 72.3 Å². The highest BCUT2D eigenvalue weighted by Gasteiger charge is 2.02. The summed E-state index contributed by atoms with van der Waals surface area (Å²) in [4.78, 5) is 3.19. The van der Waals surface area contributed by atoms with Gasteiger partial charge in [0.05, 0.1) is 13.2 Å². The molecule has 6 heteroatoms. The van der Waals surface area contributed by atoms with E-state index in [-0.39, 0.29) is 5.11 Å². The molecular formula is C20H23N3O2S. The summed E-state index contributed by atoms with van der Waals surface area (Å²) in [5, 5.41) is 4.27. The molecule has 5 nitrogen and oxygen atoms in total. The Kier molecular flexibility index (Phi) is 6.33. The molecule has 0 fully saturated rings. The molecule has 136 valence electrons. The second-order valence-corrected chi connectivity index (χ2v) is 6.41. The van der Waals surface area contributed by atoms with E-state index in [0.29, 0.717) is 13.2 Å². The van der Waals surface area contributed by atoms with E-state index in [4.69, 9.17) is 27.4 Å². The zero-order valence-electron chi connectivity index (χ0n) is 14.5. The lowest BCUT2D eigenvalue weighted by atomic mass is 10.2. The second kappa shape index (κ2) is 9.10. The van der Waals surface area contributed by atoms with Crippen molar-refractivity contribution in [3.63, 3.8) is 0 Å². The number of aromatic amines is 1. The third-order valence-electron chi connectivity index (χ3n) is 3.97. The number of ether oxygens (including phenoxy) is 2. The van der Waals surface area contributed by atoms with Crippen LogP contribution in [0.4, 0.5) is 5.69 Å². The molecule has 3 aromatic rings. The smallest absolute Gasteiger partial charge is 0.168 e. The number of unbranched alkanes of at least 4 members (excludes halogenated alkanes) is 2. The first-order valence-corrected chi connectivity index (χ1v) is 9.11. The molecule has 0 saturated heterocycles. The van der Waals surface area contributed by atoms with Crippen LogP contribution >= 0.6 is 12.2 Å². The van der Waals surface area contributed by atoms with Crippen molar-refractivity contribution in [1.82, 2.24) is 4.98 Å². The summed E-state index contributed by atoms with van der Waals surface area (Å²) in [6.45, 7) is 1.38. The van der Waals surface area contributed by atoms with Gasteiger partial charge in [0.1, 0.15) is 11.5 Å². The summed E-state index contributed by atoms with van der Waals surface area (Å²) in [6, 6.07) is 15.7. The molecule has 4 N–H and O–H groups in total. The molecule has 0 aliphatic rings. The Morgan fingerprint density at radius 3 is 2.65 bits per heavy atom. The predicted molar refractivity (Wildman–Crippen MR) is 110 cm³/mol. The highest BCUT2D eigenvalue weighted by atomic mass is 32.1. The van der Waals surface area contributed by atoms with Gasteiger partial charge in [0.25, 0.3) is 0 Å². The van der Waals surface area contributed by atoms with Crippen LogP contribution < -0.4 is 20.5 Å². The third-order valence-corrected chi connectivity index (χ3v) is 4.07. The SMILES string of the molecule is NC(=S)Nc1cccc(OCCCCCOc2cccc3[nH]ccc23)c1. The van der Waals surface area contributed by atoms with Crippen molar-refractivity contribution < 1.29 is 9.47 Å². The van der Waals surface area contributed by atoms with Crippen molar-refractivity contribution in [3.8, 4) is 11.5 Å². The number of H-pyrrole nitrogens is 1. The maximum Gasteiger partial charge on any atom is 0.168 e. The van der Waals surface area contributed by atoms with Crippen LogP contribution in [0.5, 0.6) is 11.5 Å². The molecule has 0 atom stereocenters. The van der Waals surface area contributed by atoms with Crippen LogP contribution in [0.15, 0.2) is 54.7 Å². The molecule has 0 amide bonds. The number of hydrogen-bond donors (Lipinski definition) is 3. The van der Waals surface area contributed by atoms with Crippen molar-refractivity contribution in [2.45, 2.75) is 19.3 Å². The molecule has 0 unspecified atom stereocenters. The highest BCUT2D eigenvalue weighted by Crippen LogP contribution is 2.24. The van der Waals surface area contributed by atoms with E-state index in [1.807, 2.05) is 54.7 Å². The number of benzene rings is 2. The van der Waals surface area contributed by atoms with Crippen molar-refractivity contribution in [1.29, 1.82) is 0 Å². The van der Waals surface area contributed by atoms with E-state index in [9.17, 15) is 0 Å². The molecule has 0 radical (unpaired) electrons. The third kappa shape index (κ3) is 5.13. The molecule has 3 rings (SSSR count). The average molecular weight is 369 g/mol. The monoisotopic (exact) mass is 369 g/mol. The summed E-state index contributed by atoms with van der Waals surface area (Å²) in [5.41, 5.74) is 7.41. The van der Waals surface area contributed by atoms with E-state index in [0.717, 1.165) is 47.4 Å². The van der Waals surface area contributed by atoms with Crippen LogP contribution in [0.25, 0.3) is 10.9 Å². The van der Waals surface area contributed by atoms with Crippen LogP contribution in [0.2, 0.25) is 0 Å². The average Bonchev–Trinajstić information content (AvgIpc) is 3.10. The Balaban J connectivity index is 1.33. The minimum absolute atomic E-state index is 0.248. The molecule has 0 aliphatic carbocycles. The van der Waals surface area contributed by atoms with Gasteiger partial charge < -0.3 is 25.5 Å². The van der Waals surface area contributed by atoms with E-state index in [2.05, 4.69) is 10.3 Å². The Morgan fingerprint density at radius 1 is 1.00 bits per heavy atom. The highest BCUT2D eigenvalue weighted by molar-refractivity contribution is 7.80. The quantitative estimate of drug-likeness (QED) is 0.384. The fourth-order valence-corrected chi connectivity index (χ4v) is 2.86. The fraction of sp³-hybridized carbons (Fsp3) is 0.250. The Morgan fingerprint density at radius 2 is 1.81 bits per heavy atom. The fourth-order valence-electron chi connectivity index (χ4n) is 2.74. The summed E-state index contributed by atoms with van der Waals surface area (Å²) >= 11 is 4.84. The van der Waals surface area contributed by atoms with Crippen molar-refractivity contribution in [3.05, 3.63) is 54.7 Å². The van der Waals surface area contributed by atoms with Crippen LogP contribution in [-0.4, -0.2) is 23.3 Å². The van der Waals surface area contributed by atoms with Crippen molar-refractivity contribution >= 4 is 33.9 Å². The predicted octanol–water partition coefficient (Wildman–Crippen LogP) is 4.45. The van der Waals surface area contributed by atoms with Gasteiger partial charge in [0.2, 0.25) is 0 Å². The van der Waals surface area contributed by atoms with E-state index in [1.165, 1.54) is 0 Å². The molecule has 1 heterocycles. The van der Waals surface area contributed by atoms with Gasteiger partial charge in [-0.2, -0.15) is 0 Å². The lowest BCUT2D eigenvalue weighted by molar-refractivity contribution is 0.281. The minimum atomic E-state index is 0.248. The first kappa shape index (κ1) is 18.1. The number of rotatable bonds is 9. The van der Waals surface area contributed by atoms with Crippen LogP contribution in [0, 0.1) is 0 Å². The zero-order chi connectivity index (χ0) is 18.2. The summed E-state index contributed by atoms with van der Waals surface area (Å²) in [7, 11) is 0. The first-order chi connectivity index (χ1) is 12.7. The van der Waals surface area contributed by atoms with Crippen LogP contribution in [0.1, 0.15) is 19.3 Å². The largest absolute Gasteiger partial charge is 0.494 e. The van der Waals surface area contributed by atoms with Gasteiger partial charge in [-0.15, -0.1) is 0 Å². The molecule has 0 spiro atoms. The molecule has 0 saturated carbocycles. The summed E-state index contributed by atoms with van der Waals surface area (Å²) < 4.78 is 11.7. The van der Waals surface area contributed by atoms with Crippen LogP contribution in [0.3, 0.4) is 0 Å². The van der Waals surface area contributed by atoms with Gasteiger partial charge in [-0.1, -0.05) is 12.1 Å². The van der Waals surface area contributed by atoms with Gasteiger partial charge in [-0.3, -0.25) is 0 Å². The van der Waals surface area contributed by atoms with Gasteiger partial charge >= 0.3 is 0 Å². The minimum Gasteiger partial charge on any atom is -0.494 e. The van der Waals surface area contributed by atoms with E-state index in [1.54, 1.807) is 0 Å². The van der Waals surface area contributed by atoms with E-state index >= 15 is 0 Å². The molecule has 0 bridgehead atoms. The number of thiocarbonyl (C=S) groups is 1. The normalized spacial score (nSPS) is 10.6. The molecule has 26 heavy (non-hydrogen) atoms. The number of nitrogens with one attached hydrogen (secondary N) is 2. The lowest BCUT2D eigenvalue weighted by Crippen LogP contribution is -2.18. The van der Waals surface area contributed by atoms with Crippen molar-refractivity contribution in [2.24, 2.45) is 5.73 Å². The maximum atomic E-state index is 5.90. The maximum absolute atomic E-state index is 5.90. The molecule has 0 aliphatic heterocycles. The van der Waals surface area contributed by atoms with Crippen LogP contribution in [-0.2, 0) is 0 Å². The van der Waals surface area contributed by atoms with Crippen molar-refractivity contribution in [2.75, 3.05) is 18.5 Å². The Bertz CT molecular complexity index is 863. The second-order valence-electron chi connectivity index (χ2n) is 5.97. The first-order valence-electron chi connectivity index (χ1n) is 8.70. The molecular weight excluding hydrogens is 346 g/mol. The number of nitrogens with two attached hydrogens (primary N) is 1. The molecule has 1 aromatic heterocycles. The Hall–Kier alpha value is -2.73. The van der Waals surface area contributed by atoms with Gasteiger partial charge in [0, 0.05) is 28.9 Å². The number of aromatic nitrogens is 1. The van der Waals surface area contributed by atoms with Gasteiger partial charge in [0.15, 0.2) is 5.11 Å². The zero-order valence-corrected chi connectivity index (χ0v) is 15.4. The number of fused-ring (bicyclic) bond motifs is 1. The summed E-state index contributed by atoms with van der Waals surface area (Å²) in [6.07, 6.45) is 4.95. The van der Waals surface area contributed by atoms with E-state index < -0.39 is 0 Å². The lowest BCUT2D eigenvalue weighted by Gasteiger charge is -2.09. The standard InChI is InChI=1S/C20H23N3O2S/c21-20(26)23-15-6-4-7-16(14-15)24-12-2-1-3-13-25-19-9-5-8-18-17(19)10-11-22-18/h4-11,14,22H,1-3,12-13H2,(H3,21,23,26). The molecule has 2 aromatic carbocycles. The number of hydrogen-bond acceptors (Lipinski definition) is 3. The summed E-state index contributed by atoms with van der Waals surface area (Å²) in [5.74, 6) is 1.74. The van der Waals surface area contributed by atoms with Gasteiger partial charge in [-0.05, 0) is 61.8 Å². The van der Waals surface area contributed by atoms with Gasteiger partial charge in [-0.25, -0.2) is 0 Å². The Labute approximate surface area is 158 Å².